The molecular formula is C15H14ClFN2OS. The average molecular weight is 325 g/mol. The van der Waals surface area contributed by atoms with Gasteiger partial charge in [0.05, 0.1) is 16.6 Å². The quantitative estimate of drug-likeness (QED) is 0.655. The summed E-state index contributed by atoms with van der Waals surface area (Å²) in [4.78, 5) is 12.6. The van der Waals surface area contributed by atoms with Crippen LogP contribution in [0.5, 0.6) is 0 Å². The van der Waals surface area contributed by atoms with Crippen LogP contribution in [0.25, 0.3) is 0 Å². The highest BCUT2D eigenvalue weighted by Crippen LogP contribution is 2.28. The van der Waals surface area contributed by atoms with Crippen LogP contribution in [0.15, 0.2) is 47.4 Å². The van der Waals surface area contributed by atoms with Crippen molar-refractivity contribution in [1.82, 2.24) is 0 Å². The van der Waals surface area contributed by atoms with Crippen LogP contribution in [0, 0.1) is 5.82 Å². The van der Waals surface area contributed by atoms with Gasteiger partial charge >= 0.3 is 0 Å². The third-order valence-corrected chi connectivity index (χ3v) is 4.17. The summed E-state index contributed by atoms with van der Waals surface area (Å²) in [5.41, 5.74) is 6.65. The van der Waals surface area contributed by atoms with Crippen molar-refractivity contribution >= 4 is 40.6 Å². The van der Waals surface area contributed by atoms with Gasteiger partial charge in [-0.15, -0.1) is 11.8 Å². The van der Waals surface area contributed by atoms with Crippen molar-refractivity contribution in [2.45, 2.75) is 17.1 Å². The van der Waals surface area contributed by atoms with E-state index in [1.165, 1.54) is 6.07 Å². The van der Waals surface area contributed by atoms with Gasteiger partial charge in [-0.05, 0) is 37.3 Å². The first-order valence-corrected chi connectivity index (χ1v) is 7.50. The third-order valence-electron chi connectivity index (χ3n) is 2.78. The molecule has 2 aromatic carbocycles. The molecule has 0 aromatic heterocycles. The van der Waals surface area contributed by atoms with E-state index in [0.29, 0.717) is 21.3 Å². The van der Waals surface area contributed by atoms with Crippen LogP contribution in [0.1, 0.15) is 6.92 Å². The predicted molar refractivity (Wildman–Crippen MR) is 86.2 cm³/mol. The van der Waals surface area contributed by atoms with Gasteiger partial charge in [0.15, 0.2) is 0 Å². The maximum Gasteiger partial charge on any atom is 0.237 e. The molecule has 0 saturated heterocycles. The molecule has 1 unspecified atom stereocenters. The smallest absolute Gasteiger partial charge is 0.237 e. The highest BCUT2D eigenvalue weighted by Gasteiger charge is 2.17. The fourth-order valence-electron chi connectivity index (χ4n) is 1.66. The van der Waals surface area contributed by atoms with Crippen LogP contribution in [-0.4, -0.2) is 11.2 Å². The molecule has 0 radical (unpaired) electrons. The lowest BCUT2D eigenvalue weighted by atomic mass is 10.2. The van der Waals surface area contributed by atoms with Crippen LogP contribution < -0.4 is 11.1 Å². The Labute approximate surface area is 131 Å². The first-order valence-electron chi connectivity index (χ1n) is 6.24. The number of halogens is 2. The number of nitrogens with two attached hydrogens (primary N) is 1. The molecule has 0 heterocycles. The summed E-state index contributed by atoms with van der Waals surface area (Å²) >= 11 is 7.02. The Morgan fingerprint density at radius 3 is 2.76 bits per heavy atom. The normalized spacial score (nSPS) is 12.0. The van der Waals surface area contributed by atoms with Crippen molar-refractivity contribution in [2.75, 3.05) is 11.1 Å². The molecule has 2 rings (SSSR count). The maximum absolute atomic E-state index is 13.6. The second-order valence-electron chi connectivity index (χ2n) is 4.41. The molecule has 3 nitrogen and oxygen atoms in total. The topological polar surface area (TPSA) is 55.1 Å². The number of rotatable bonds is 4. The highest BCUT2D eigenvalue weighted by molar-refractivity contribution is 8.00. The molecule has 0 fully saturated rings. The van der Waals surface area contributed by atoms with Crippen LogP contribution in [0.2, 0.25) is 5.02 Å². The van der Waals surface area contributed by atoms with Gasteiger partial charge < -0.3 is 11.1 Å². The molecule has 6 heteroatoms. The minimum atomic E-state index is -0.472. The van der Waals surface area contributed by atoms with Crippen molar-refractivity contribution in [3.05, 3.63) is 53.3 Å². The Bertz CT molecular complexity index is 666. The fraction of sp³-hybridized carbons (Fsp3) is 0.133. The Hall–Kier alpha value is -1.72. The van der Waals surface area contributed by atoms with E-state index in [9.17, 15) is 9.18 Å². The van der Waals surface area contributed by atoms with Crippen molar-refractivity contribution in [3.63, 3.8) is 0 Å². The van der Waals surface area contributed by atoms with Gasteiger partial charge in [-0.3, -0.25) is 4.79 Å². The molecule has 0 aliphatic carbocycles. The van der Waals surface area contributed by atoms with Crippen LogP contribution in [-0.2, 0) is 4.79 Å². The number of hydrogen-bond acceptors (Lipinski definition) is 3. The fourth-order valence-corrected chi connectivity index (χ4v) is 2.71. The standard InChI is InChI=1S/C15H14ClFN2OS/c1-9(21-14-5-3-2-4-11(14)17)15(20)19-13-8-10(16)6-7-12(13)18/h2-9H,18H2,1H3,(H,19,20). The summed E-state index contributed by atoms with van der Waals surface area (Å²) in [6.07, 6.45) is 0. The zero-order valence-electron chi connectivity index (χ0n) is 11.3. The SMILES string of the molecule is CC(Sc1ccccc1F)C(=O)Nc1cc(Cl)ccc1N. The molecule has 1 amide bonds. The molecule has 1 atom stereocenters. The van der Waals surface area contributed by atoms with E-state index in [1.807, 2.05) is 0 Å². The Balaban J connectivity index is 2.06. The Kier molecular flexibility index (Phi) is 5.09. The number of benzene rings is 2. The lowest BCUT2D eigenvalue weighted by Gasteiger charge is -2.14. The van der Waals surface area contributed by atoms with E-state index < -0.39 is 5.25 Å². The maximum atomic E-state index is 13.6. The number of nitrogen functional groups attached to an aromatic ring is 1. The van der Waals surface area contributed by atoms with Gasteiger partial charge in [-0.1, -0.05) is 23.7 Å². The number of hydrogen-bond donors (Lipinski definition) is 2. The van der Waals surface area contributed by atoms with E-state index in [1.54, 1.807) is 43.3 Å². The van der Waals surface area contributed by atoms with Gasteiger partial charge in [0.2, 0.25) is 5.91 Å². The molecular weight excluding hydrogens is 311 g/mol. The van der Waals surface area contributed by atoms with E-state index in [-0.39, 0.29) is 11.7 Å². The predicted octanol–water partition coefficient (Wildman–Crippen LogP) is 4.18. The van der Waals surface area contributed by atoms with Gasteiger partial charge in [0, 0.05) is 9.92 Å². The Morgan fingerprint density at radius 1 is 1.33 bits per heavy atom. The van der Waals surface area contributed by atoms with E-state index in [4.69, 9.17) is 17.3 Å². The summed E-state index contributed by atoms with van der Waals surface area (Å²) in [7, 11) is 0. The second kappa shape index (κ2) is 6.83. The highest BCUT2D eigenvalue weighted by atomic mass is 35.5. The largest absolute Gasteiger partial charge is 0.397 e. The lowest BCUT2D eigenvalue weighted by molar-refractivity contribution is -0.115. The van der Waals surface area contributed by atoms with Gasteiger partial charge in [-0.2, -0.15) is 0 Å². The van der Waals surface area contributed by atoms with Gasteiger partial charge in [-0.25, -0.2) is 4.39 Å². The molecule has 21 heavy (non-hydrogen) atoms. The van der Waals surface area contributed by atoms with Crippen molar-refractivity contribution in [2.24, 2.45) is 0 Å². The molecule has 0 aliphatic heterocycles. The average Bonchev–Trinajstić information content (AvgIpc) is 2.45. The van der Waals surface area contributed by atoms with Crippen molar-refractivity contribution in [1.29, 1.82) is 0 Å². The summed E-state index contributed by atoms with van der Waals surface area (Å²) in [5.74, 6) is -0.610. The van der Waals surface area contributed by atoms with Crippen LogP contribution in [0.3, 0.4) is 0 Å². The Morgan fingerprint density at radius 2 is 2.05 bits per heavy atom. The summed E-state index contributed by atoms with van der Waals surface area (Å²) in [5, 5.41) is 2.71. The molecule has 2 aromatic rings. The van der Waals surface area contributed by atoms with E-state index >= 15 is 0 Å². The zero-order chi connectivity index (χ0) is 15.4. The number of nitrogens with one attached hydrogen (secondary N) is 1. The van der Waals surface area contributed by atoms with Crippen LogP contribution >= 0.6 is 23.4 Å². The third kappa shape index (κ3) is 4.12. The van der Waals surface area contributed by atoms with Gasteiger partial charge in [0.1, 0.15) is 5.82 Å². The number of anilines is 2. The number of carbonyl (C=O) groups excluding carboxylic acids is 1. The first kappa shape index (κ1) is 15.7. The lowest BCUT2D eigenvalue weighted by Crippen LogP contribution is -2.23. The van der Waals surface area contributed by atoms with Crippen LogP contribution in [0.4, 0.5) is 15.8 Å². The first-order chi connectivity index (χ1) is 9.97. The van der Waals surface area contributed by atoms with E-state index in [0.717, 1.165) is 11.8 Å². The molecule has 0 aliphatic rings. The molecule has 0 spiro atoms. The monoisotopic (exact) mass is 324 g/mol. The number of amides is 1. The zero-order valence-corrected chi connectivity index (χ0v) is 12.8. The van der Waals surface area contributed by atoms with E-state index in [2.05, 4.69) is 5.32 Å². The molecule has 110 valence electrons. The summed E-state index contributed by atoms with van der Waals surface area (Å²) in [6.45, 7) is 1.70. The van der Waals surface area contributed by atoms with Crippen molar-refractivity contribution < 1.29 is 9.18 Å². The molecule has 0 saturated carbocycles. The molecule has 3 N–H and O–H groups in total. The number of carbonyl (C=O) groups is 1. The summed E-state index contributed by atoms with van der Waals surface area (Å²) in [6, 6.07) is 11.2. The minimum absolute atomic E-state index is 0.266. The summed E-state index contributed by atoms with van der Waals surface area (Å²) < 4.78 is 13.6. The van der Waals surface area contributed by atoms with Gasteiger partial charge in [0.25, 0.3) is 0 Å². The minimum Gasteiger partial charge on any atom is -0.397 e. The molecule has 0 bridgehead atoms. The second-order valence-corrected chi connectivity index (χ2v) is 6.23. The van der Waals surface area contributed by atoms with Crippen molar-refractivity contribution in [3.8, 4) is 0 Å². The number of thioether (sulfide) groups is 1.